The summed E-state index contributed by atoms with van der Waals surface area (Å²) >= 11 is 6.01. The number of fused-ring (bicyclic) bond motifs is 1. The van der Waals surface area contributed by atoms with Crippen LogP contribution in [0.25, 0.3) is 0 Å². The van der Waals surface area contributed by atoms with Crippen LogP contribution in [0.3, 0.4) is 0 Å². The van der Waals surface area contributed by atoms with Crippen LogP contribution in [0.1, 0.15) is 34.6 Å². The molecule has 1 aromatic rings. The molecule has 0 saturated heterocycles. The molecule has 0 spiro atoms. The fourth-order valence-electron chi connectivity index (χ4n) is 2.20. The van der Waals surface area contributed by atoms with Gasteiger partial charge >= 0.3 is 7.60 Å². The standard InChI is InChI=1S/C15H17ClNO5P/c1-3-21-23(20,22-4-2)9-17-13-12(16)14(18)10-7-5-6-8-11(10)15(13)19/h5-8,17H,3-4,9H2,1-2H3. The molecule has 0 aromatic heterocycles. The monoisotopic (exact) mass is 357 g/mol. The summed E-state index contributed by atoms with van der Waals surface area (Å²) in [6.07, 6.45) is -0.249. The topological polar surface area (TPSA) is 81.7 Å². The van der Waals surface area contributed by atoms with Crippen molar-refractivity contribution >= 4 is 30.8 Å². The molecule has 8 heteroatoms. The molecule has 0 aliphatic heterocycles. The molecular weight excluding hydrogens is 341 g/mol. The zero-order valence-electron chi connectivity index (χ0n) is 12.8. The smallest absolute Gasteiger partial charge is 0.349 e. The summed E-state index contributed by atoms with van der Waals surface area (Å²) in [5, 5.41) is 2.44. The maximum absolute atomic E-state index is 12.5. The lowest BCUT2D eigenvalue weighted by atomic mass is 9.92. The molecule has 0 unspecified atom stereocenters. The van der Waals surface area contributed by atoms with Gasteiger partial charge in [0.05, 0.1) is 13.2 Å². The molecule has 124 valence electrons. The predicted octanol–water partition coefficient (Wildman–Crippen LogP) is 3.33. The minimum absolute atomic E-state index is 0.0880. The molecule has 1 aliphatic rings. The van der Waals surface area contributed by atoms with E-state index in [0.717, 1.165) is 0 Å². The maximum atomic E-state index is 12.5. The van der Waals surface area contributed by atoms with Gasteiger partial charge < -0.3 is 14.4 Å². The van der Waals surface area contributed by atoms with Gasteiger partial charge in [0, 0.05) is 11.1 Å². The van der Waals surface area contributed by atoms with E-state index in [0.29, 0.717) is 0 Å². The highest BCUT2D eigenvalue weighted by atomic mass is 35.5. The van der Waals surface area contributed by atoms with Gasteiger partial charge in [0.25, 0.3) is 0 Å². The van der Waals surface area contributed by atoms with Crippen LogP contribution in [0.2, 0.25) is 0 Å². The highest BCUT2D eigenvalue weighted by Gasteiger charge is 2.33. The minimum atomic E-state index is -3.41. The number of allylic oxidation sites excluding steroid dienone is 2. The number of halogens is 1. The van der Waals surface area contributed by atoms with Crippen molar-refractivity contribution < 1.29 is 23.2 Å². The van der Waals surface area contributed by atoms with Crippen molar-refractivity contribution in [2.45, 2.75) is 13.8 Å². The maximum Gasteiger partial charge on any atom is 0.349 e. The molecule has 23 heavy (non-hydrogen) atoms. The summed E-state index contributed by atoms with van der Waals surface area (Å²) in [6, 6.07) is 6.41. The molecule has 1 aromatic carbocycles. The Morgan fingerprint density at radius 1 is 1.04 bits per heavy atom. The number of nitrogens with one attached hydrogen (secondary N) is 1. The first kappa shape index (κ1) is 17.9. The predicted molar refractivity (Wildman–Crippen MR) is 86.8 cm³/mol. The number of hydrogen-bond donors (Lipinski definition) is 1. The zero-order chi connectivity index (χ0) is 17.0. The van der Waals surface area contributed by atoms with Crippen LogP contribution in [0.4, 0.5) is 0 Å². The SMILES string of the molecule is CCOP(=O)(CNC1=C(Cl)C(=O)c2ccccc2C1=O)OCC. The number of hydrogen-bond acceptors (Lipinski definition) is 6. The van der Waals surface area contributed by atoms with Crippen molar-refractivity contribution in [2.75, 3.05) is 19.5 Å². The summed E-state index contributed by atoms with van der Waals surface area (Å²) in [7, 11) is -3.41. The molecule has 0 heterocycles. The van der Waals surface area contributed by atoms with Crippen molar-refractivity contribution in [1.29, 1.82) is 0 Å². The number of benzene rings is 1. The van der Waals surface area contributed by atoms with E-state index >= 15 is 0 Å². The molecule has 0 fully saturated rings. The average molecular weight is 358 g/mol. The van der Waals surface area contributed by atoms with Crippen LogP contribution >= 0.6 is 19.2 Å². The van der Waals surface area contributed by atoms with Gasteiger partial charge in [0.1, 0.15) is 17.0 Å². The quantitative estimate of drug-likeness (QED) is 0.754. The van der Waals surface area contributed by atoms with E-state index in [2.05, 4.69) is 5.32 Å². The largest absolute Gasteiger partial charge is 0.369 e. The molecule has 1 aliphatic carbocycles. The Kier molecular flexibility index (Phi) is 5.76. The third-order valence-corrected chi connectivity index (χ3v) is 5.37. The summed E-state index contributed by atoms with van der Waals surface area (Å²) < 4.78 is 22.7. The highest BCUT2D eigenvalue weighted by molar-refractivity contribution is 7.53. The molecule has 0 bridgehead atoms. The Balaban J connectivity index is 2.26. The lowest BCUT2D eigenvalue weighted by Gasteiger charge is -2.22. The van der Waals surface area contributed by atoms with Gasteiger partial charge in [-0.2, -0.15) is 0 Å². The van der Waals surface area contributed by atoms with Gasteiger partial charge in [-0.05, 0) is 13.8 Å². The second kappa shape index (κ2) is 7.41. The van der Waals surface area contributed by atoms with Crippen molar-refractivity contribution in [1.82, 2.24) is 5.32 Å². The zero-order valence-corrected chi connectivity index (χ0v) is 14.4. The molecule has 2 rings (SSSR count). The van der Waals surface area contributed by atoms with E-state index in [9.17, 15) is 14.2 Å². The van der Waals surface area contributed by atoms with Crippen LogP contribution < -0.4 is 5.32 Å². The van der Waals surface area contributed by atoms with E-state index in [1.807, 2.05) is 0 Å². The Hall–Kier alpha value is -1.46. The van der Waals surface area contributed by atoms with E-state index < -0.39 is 19.2 Å². The van der Waals surface area contributed by atoms with Crippen molar-refractivity contribution in [3.8, 4) is 0 Å². The Morgan fingerprint density at radius 2 is 1.57 bits per heavy atom. The molecule has 1 N–H and O–H groups in total. The van der Waals surface area contributed by atoms with Crippen molar-refractivity contribution in [3.63, 3.8) is 0 Å². The molecular formula is C15H17ClNO5P. The van der Waals surface area contributed by atoms with Crippen LogP contribution in [0.15, 0.2) is 35.0 Å². The molecule has 6 nitrogen and oxygen atoms in total. The van der Waals surface area contributed by atoms with Crippen LogP contribution in [0, 0.1) is 0 Å². The Labute approximate surface area is 139 Å². The first-order valence-electron chi connectivity index (χ1n) is 7.13. The first-order valence-corrected chi connectivity index (χ1v) is 9.24. The average Bonchev–Trinajstić information content (AvgIpc) is 2.53. The second-order valence-electron chi connectivity index (χ2n) is 4.67. The normalized spacial score (nSPS) is 14.9. The molecule has 0 saturated carbocycles. The molecule has 0 amide bonds. The van der Waals surface area contributed by atoms with Crippen LogP contribution in [-0.2, 0) is 13.6 Å². The van der Waals surface area contributed by atoms with Crippen molar-refractivity contribution in [3.05, 3.63) is 46.1 Å². The second-order valence-corrected chi connectivity index (χ2v) is 7.11. The van der Waals surface area contributed by atoms with E-state index in [1.165, 1.54) is 0 Å². The lowest BCUT2D eigenvalue weighted by Crippen LogP contribution is -2.30. The number of carbonyl (C=O) groups excluding carboxylic acids is 2. The number of carbonyl (C=O) groups is 2. The van der Waals surface area contributed by atoms with Crippen molar-refractivity contribution in [2.24, 2.45) is 0 Å². The minimum Gasteiger partial charge on any atom is -0.369 e. The fraction of sp³-hybridized carbons (Fsp3) is 0.333. The molecule has 0 atom stereocenters. The van der Waals surface area contributed by atoms with E-state index in [-0.39, 0.29) is 41.4 Å². The third kappa shape index (κ3) is 3.72. The number of rotatable bonds is 7. The van der Waals surface area contributed by atoms with E-state index in [4.69, 9.17) is 20.6 Å². The van der Waals surface area contributed by atoms with Gasteiger partial charge in [0.2, 0.25) is 11.6 Å². The van der Waals surface area contributed by atoms with Gasteiger partial charge in [-0.1, -0.05) is 35.9 Å². The summed E-state index contributed by atoms with van der Waals surface area (Å²) in [4.78, 5) is 24.7. The lowest BCUT2D eigenvalue weighted by molar-refractivity contribution is 0.0975. The van der Waals surface area contributed by atoms with Gasteiger partial charge in [-0.3, -0.25) is 14.2 Å². The third-order valence-electron chi connectivity index (χ3n) is 3.16. The fourth-order valence-corrected chi connectivity index (χ4v) is 3.85. The van der Waals surface area contributed by atoms with Crippen LogP contribution in [-0.4, -0.2) is 31.1 Å². The van der Waals surface area contributed by atoms with Crippen LogP contribution in [0.5, 0.6) is 0 Å². The first-order chi connectivity index (χ1) is 10.9. The summed E-state index contributed by atoms with van der Waals surface area (Å²) in [5.74, 6) is -0.878. The van der Waals surface area contributed by atoms with Gasteiger partial charge in [0.15, 0.2) is 0 Å². The van der Waals surface area contributed by atoms with Gasteiger partial charge in [-0.15, -0.1) is 0 Å². The highest BCUT2D eigenvalue weighted by Crippen LogP contribution is 2.47. The Bertz CT molecular complexity index is 706. The summed E-state index contributed by atoms with van der Waals surface area (Å²) in [6.45, 7) is 3.76. The Morgan fingerprint density at radius 3 is 2.09 bits per heavy atom. The molecule has 0 radical (unpaired) electrons. The number of ketones is 2. The number of Topliss-reactive ketones (excluding diaryl/α,β-unsaturated/α-hetero) is 2. The van der Waals surface area contributed by atoms with Gasteiger partial charge in [-0.25, -0.2) is 0 Å². The van der Waals surface area contributed by atoms with E-state index in [1.54, 1.807) is 38.1 Å². The summed E-state index contributed by atoms with van der Waals surface area (Å²) in [5.41, 5.74) is 0.424.